The minimum absolute atomic E-state index is 0.193. The molecule has 1 amide bonds. The highest BCUT2D eigenvalue weighted by molar-refractivity contribution is 7.92. The van der Waals surface area contributed by atoms with Crippen LogP contribution in [0.2, 0.25) is 5.02 Å². The van der Waals surface area contributed by atoms with Crippen LogP contribution in [0.1, 0.15) is 41.4 Å². The van der Waals surface area contributed by atoms with Crippen LogP contribution in [0.3, 0.4) is 0 Å². The number of nitrogens with one attached hydrogen (secondary N) is 1. The van der Waals surface area contributed by atoms with Gasteiger partial charge in [-0.2, -0.15) is 9.61 Å². The molecule has 14 heteroatoms. The average Bonchev–Trinajstić information content (AvgIpc) is 3.29. The maximum atomic E-state index is 14.0. The van der Waals surface area contributed by atoms with Crippen molar-refractivity contribution in [3.05, 3.63) is 46.6 Å². The SMILES string of the molecule is CS(=O)(=O)Nc1ccc(Cl)cc1C(=O)N1CCCCC1c1cc2nc(N3CC(O)C3)cc(N3CC4(COC4)C3)n2n1. The van der Waals surface area contributed by atoms with Gasteiger partial charge < -0.3 is 24.5 Å². The molecule has 6 heterocycles. The lowest BCUT2D eigenvalue weighted by molar-refractivity contribution is -0.127. The number of aliphatic hydroxyl groups is 1. The number of amides is 1. The fourth-order valence-corrected chi connectivity index (χ4v) is 7.02. The number of hydrogen-bond acceptors (Lipinski definition) is 9. The van der Waals surface area contributed by atoms with Crippen LogP contribution in [0.4, 0.5) is 17.3 Å². The predicted octanol–water partition coefficient (Wildman–Crippen LogP) is 2.14. The van der Waals surface area contributed by atoms with E-state index in [-0.39, 0.29) is 34.7 Å². The van der Waals surface area contributed by atoms with Gasteiger partial charge in [-0.1, -0.05) is 11.6 Å². The maximum absolute atomic E-state index is 14.0. The summed E-state index contributed by atoms with van der Waals surface area (Å²) in [5.74, 6) is 1.42. The summed E-state index contributed by atoms with van der Waals surface area (Å²) in [6.07, 6.45) is 3.17. The van der Waals surface area contributed by atoms with Crippen molar-refractivity contribution in [1.29, 1.82) is 0 Å². The van der Waals surface area contributed by atoms with Crippen molar-refractivity contribution < 1.29 is 23.1 Å². The lowest BCUT2D eigenvalue weighted by Crippen LogP contribution is -2.66. The molecule has 7 rings (SSSR count). The molecule has 4 aliphatic rings. The number of likely N-dealkylation sites (tertiary alicyclic amines) is 1. The first-order valence-corrected chi connectivity index (χ1v) is 16.1. The third kappa shape index (κ3) is 4.88. The summed E-state index contributed by atoms with van der Waals surface area (Å²) >= 11 is 6.24. The van der Waals surface area contributed by atoms with Crippen LogP contribution in [-0.4, -0.2) is 97.2 Å². The molecule has 3 aromatic rings. The lowest BCUT2D eigenvalue weighted by atomic mass is 9.78. The first-order valence-electron chi connectivity index (χ1n) is 13.8. The number of halogens is 1. The molecule has 4 aliphatic heterocycles. The molecule has 2 aromatic heterocycles. The molecule has 0 saturated carbocycles. The Morgan fingerprint density at radius 2 is 1.93 bits per heavy atom. The average molecular weight is 602 g/mol. The fraction of sp³-hybridized carbons (Fsp3) is 0.519. The Hall–Kier alpha value is -3.13. The van der Waals surface area contributed by atoms with E-state index in [0.29, 0.717) is 30.3 Å². The normalized spacial score (nSPS) is 22.4. The second-order valence-corrected chi connectivity index (χ2v) is 14.0. The zero-order chi connectivity index (χ0) is 28.5. The number of benzene rings is 1. The smallest absolute Gasteiger partial charge is 0.256 e. The summed E-state index contributed by atoms with van der Waals surface area (Å²) in [7, 11) is -3.61. The van der Waals surface area contributed by atoms with Crippen molar-refractivity contribution in [2.75, 3.05) is 66.7 Å². The zero-order valence-corrected chi connectivity index (χ0v) is 24.2. The van der Waals surface area contributed by atoms with Crippen LogP contribution in [-0.2, 0) is 14.8 Å². The van der Waals surface area contributed by atoms with Gasteiger partial charge in [0.1, 0.15) is 11.6 Å². The maximum Gasteiger partial charge on any atom is 0.256 e. The molecule has 41 heavy (non-hydrogen) atoms. The molecule has 1 unspecified atom stereocenters. The largest absolute Gasteiger partial charge is 0.389 e. The number of aromatic nitrogens is 3. The second kappa shape index (κ2) is 9.72. The number of aliphatic hydroxyl groups excluding tert-OH is 1. The summed E-state index contributed by atoms with van der Waals surface area (Å²) in [4.78, 5) is 24.9. The first kappa shape index (κ1) is 26.7. The highest BCUT2D eigenvalue weighted by Gasteiger charge is 2.50. The highest BCUT2D eigenvalue weighted by Crippen LogP contribution is 2.42. The van der Waals surface area contributed by atoms with Gasteiger partial charge in [-0.15, -0.1) is 0 Å². The molecule has 0 aliphatic carbocycles. The van der Waals surface area contributed by atoms with E-state index in [1.165, 1.54) is 12.1 Å². The summed E-state index contributed by atoms with van der Waals surface area (Å²) in [5, 5.41) is 15.2. The van der Waals surface area contributed by atoms with Crippen LogP contribution >= 0.6 is 11.6 Å². The molecule has 218 valence electrons. The summed E-state index contributed by atoms with van der Waals surface area (Å²) in [5.41, 5.74) is 2.01. The van der Waals surface area contributed by atoms with E-state index in [4.69, 9.17) is 26.4 Å². The predicted molar refractivity (Wildman–Crippen MR) is 154 cm³/mol. The van der Waals surface area contributed by atoms with Crippen LogP contribution in [0.15, 0.2) is 30.3 Å². The molecule has 2 N–H and O–H groups in total. The third-order valence-corrected chi connectivity index (χ3v) is 9.23. The molecule has 0 radical (unpaired) electrons. The number of sulfonamides is 1. The van der Waals surface area contributed by atoms with Gasteiger partial charge in [-0.3, -0.25) is 9.52 Å². The highest BCUT2D eigenvalue weighted by atomic mass is 35.5. The van der Waals surface area contributed by atoms with E-state index in [1.807, 2.05) is 16.6 Å². The molecule has 4 fully saturated rings. The number of hydrogen-bond donors (Lipinski definition) is 2. The van der Waals surface area contributed by atoms with Gasteiger partial charge in [0.2, 0.25) is 10.0 Å². The van der Waals surface area contributed by atoms with E-state index < -0.39 is 10.0 Å². The monoisotopic (exact) mass is 601 g/mol. The molecular weight excluding hydrogens is 570 g/mol. The second-order valence-electron chi connectivity index (χ2n) is 11.8. The number of carbonyl (C=O) groups is 1. The number of fused-ring (bicyclic) bond motifs is 1. The van der Waals surface area contributed by atoms with Crippen molar-refractivity contribution in [1.82, 2.24) is 19.5 Å². The molecule has 1 atom stereocenters. The van der Waals surface area contributed by atoms with Gasteiger partial charge in [0.05, 0.1) is 54.0 Å². The van der Waals surface area contributed by atoms with Crippen molar-refractivity contribution in [3.63, 3.8) is 0 Å². The third-order valence-electron chi connectivity index (χ3n) is 8.41. The number of β-amino-alcohol motifs (C(OH)–C–C–N with tert-alkyl or cyclic N) is 1. The fourth-order valence-electron chi connectivity index (χ4n) is 6.27. The van der Waals surface area contributed by atoms with Gasteiger partial charge in [-0.05, 0) is 37.5 Å². The first-order chi connectivity index (χ1) is 19.6. The number of carbonyl (C=O) groups excluding carboxylic acids is 1. The van der Waals surface area contributed by atoms with Gasteiger partial charge in [0.25, 0.3) is 5.91 Å². The van der Waals surface area contributed by atoms with Crippen molar-refractivity contribution in [2.45, 2.75) is 31.4 Å². The zero-order valence-electron chi connectivity index (χ0n) is 22.7. The molecule has 1 spiro atoms. The van der Waals surface area contributed by atoms with Crippen LogP contribution in [0.5, 0.6) is 0 Å². The molecule has 1 aromatic carbocycles. The summed E-state index contributed by atoms with van der Waals surface area (Å²) < 4.78 is 33.8. The van der Waals surface area contributed by atoms with Gasteiger partial charge in [0, 0.05) is 49.9 Å². The Morgan fingerprint density at radius 3 is 2.61 bits per heavy atom. The van der Waals surface area contributed by atoms with Crippen molar-refractivity contribution in [3.8, 4) is 0 Å². The van der Waals surface area contributed by atoms with E-state index in [2.05, 4.69) is 14.5 Å². The van der Waals surface area contributed by atoms with Crippen LogP contribution < -0.4 is 14.5 Å². The van der Waals surface area contributed by atoms with E-state index in [0.717, 1.165) is 69.2 Å². The quantitative estimate of drug-likeness (QED) is 0.436. The Kier molecular flexibility index (Phi) is 6.34. The summed E-state index contributed by atoms with van der Waals surface area (Å²) in [6.45, 7) is 4.88. The molecular formula is C27H32ClN7O5S. The minimum Gasteiger partial charge on any atom is -0.389 e. The number of nitrogens with zero attached hydrogens (tertiary/aromatic N) is 6. The van der Waals surface area contributed by atoms with Gasteiger partial charge in [-0.25, -0.2) is 13.4 Å². The molecule has 0 bridgehead atoms. The summed E-state index contributed by atoms with van der Waals surface area (Å²) in [6, 6.07) is 8.23. The molecule has 4 saturated heterocycles. The lowest BCUT2D eigenvalue weighted by Gasteiger charge is -2.55. The number of anilines is 3. The van der Waals surface area contributed by atoms with Crippen molar-refractivity contribution in [2.24, 2.45) is 5.41 Å². The standard InChI is InChI=1S/C27H32ClN7O5S/c1-41(38,39)31-20-6-5-17(28)8-19(20)26(37)34-7-3-2-4-22(34)21-9-24-29-23(32-11-18(36)12-32)10-25(35(24)30-21)33-13-27(14-33)15-40-16-27/h5-6,8-10,18,22,31,36H,2-4,7,11-16H2,1H3. The number of piperidine rings is 1. The molecule has 12 nitrogen and oxygen atoms in total. The Morgan fingerprint density at radius 1 is 1.15 bits per heavy atom. The number of ether oxygens (including phenoxy) is 1. The Labute approximate surface area is 242 Å². The van der Waals surface area contributed by atoms with Gasteiger partial charge >= 0.3 is 0 Å². The van der Waals surface area contributed by atoms with E-state index in [1.54, 1.807) is 11.0 Å². The minimum atomic E-state index is -3.61. The van der Waals surface area contributed by atoms with Crippen LogP contribution in [0, 0.1) is 5.41 Å². The topological polar surface area (TPSA) is 133 Å². The Bertz CT molecular complexity index is 1630. The van der Waals surface area contributed by atoms with E-state index >= 15 is 0 Å². The van der Waals surface area contributed by atoms with Crippen LogP contribution in [0.25, 0.3) is 5.65 Å². The Balaban J connectivity index is 1.24. The van der Waals surface area contributed by atoms with E-state index in [9.17, 15) is 18.3 Å². The van der Waals surface area contributed by atoms with Crippen molar-refractivity contribution >= 4 is 50.5 Å². The van der Waals surface area contributed by atoms with Gasteiger partial charge in [0.15, 0.2) is 5.65 Å². The number of rotatable bonds is 6.